The maximum atomic E-state index is 5.41. The van der Waals surface area contributed by atoms with Crippen molar-refractivity contribution in [3.05, 3.63) is 59.4 Å². The highest BCUT2D eigenvalue weighted by molar-refractivity contribution is 5.49. The predicted molar refractivity (Wildman–Crippen MR) is 71.4 cm³/mol. The maximum absolute atomic E-state index is 5.41. The molecule has 3 heteroatoms. The van der Waals surface area contributed by atoms with E-state index >= 15 is 0 Å². The molecule has 1 aromatic heterocycles. The molecule has 0 atom stereocenters. The number of hydrogen-bond donors (Lipinski definition) is 1. The predicted octanol–water partition coefficient (Wildman–Crippen LogP) is 2.77. The Kier molecular flexibility index (Phi) is 3.24. The van der Waals surface area contributed by atoms with Crippen LogP contribution in [0.4, 0.5) is 5.69 Å². The van der Waals surface area contributed by atoms with Crippen molar-refractivity contribution >= 4 is 5.69 Å². The van der Waals surface area contributed by atoms with Gasteiger partial charge in [-0.2, -0.15) is 0 Å². The van der Waals surface area contributed by atoms with Crippen LogP contribution in [0.15, 0.2) is 42.7 Å². The minimum Gasteiger partial charge on any atom is -0.385 e. The molecule has 1 aliphatic heterocycles. The number of anilines is 1. The summed E-state index contributed by atoms with van der Waals surface area (Å²) < 4.78 is 5.41. The highest BCUT2D eigenvalue weighted by atomic mass is 16.5. The largest absolute Gasteiger partial charge is 0.385 e. The first-order valence-corrected chi connectivity index (χ1v) is 6.24. The molecule has 0 spiro atoms. The molecule has 2 heterocycles. The Hall–Kier alpha value is -1.87. The molecule has 3 nitrogen and oxygen atoms in total. The van der Waals surface area contributed by atoms with Crippen molar-refractivity contribution in [1.29, 1.82) is 0 Å². The van der Waals surface area contributed by atoms with Gasteiger partial charge < -0.3 is 10.1 Å². The summed E-state index contributed by atoms with van der Waals surface area (Å²) in [5.74, 6) is 0. The highest BCUT2D eigenvalue weighted by Gasteiger charge is 2.10. The zero-order valence-corrected chi connectivity index (χ0v) is 10.2. The van der Waals surface area contributed by atoms with Crippen LogP contribution >= 0.6 is 0 Å². The van der Waals surface area contributed by atoms with E-state index in [4.69, 9.17) is 4.74 Å². The minimum absolute atomic E-state index is 0.745. The first-order chi connectivity index (χ1) is 8.92. The normalized spacial score (nSPS) is 13.3. The van der Waals surface area contributed by atoms with E-state index < -0.39 is 0 Å². The van der Waals surface area contributed by atoms with Crippen LogP contribution in [-0.4, -0.2) is 11.5 Å². The lowest BCUT2D eigenvalue weighted by Gasteiger charge is -2.07. The summed E-state index contributed by atoms with van der Waals surface area (Å²) in [5, 5.41) is 3.45. The summed E-state index contributed by atoms with van der Waals surface area (Å²) in [5.41, 5.74) is 5.11. The Balaban J connectivity index is 1.57. The van der Waals surface area contributed by atoms with Gasteiger partial charge in [0.05, 0.1) is 13.2 Å². The molecule has 1 N–H and O–H groups in total. The Bertz CT molecular complexity index is 525. The molecule has 0 saturated carbocycles. The van der Waals surface area contributed by atoms with Gasteiger partial charge in [0.1, 0.15) is 0 Å². The molecule has 0 radical (unpaired) electrons. The number of hydrogen-bond acceptors (Lipinski definition) is 3. The number of pyridine rings is 1. The summed E-state index contributed by atoms with van der Waals surface area (Å²) in [7, 11) is 0. The average Bonchev–Trinajstić information content (AvgIpc) is 2.87. The molecule has 2 aromatic rings. The number of ether oxygens (including phenoxy) is 1. The molecule has 0 aliphatic carbocycles. The third kappa shape index (κ3) is 2.51. The highest BCUT2D eigenvalue weighted by Crippen LogP contribution is 2.23. The van der Waals surface area contributed by atoms with Crippen molar-refractivity contribution in [2.75, 3.05) is 11.9 Å². The molecular weight excluding hydrogens is 224 g/mol. The second-order valence-electron chi connectivity index (χ2n) is 4.51. The van der Waals surface area contributed by atoms with Gasteiger partial charge in [-0.05, 0) is 47.4 Å². The van der Waals surface area contributed by atoms with Crippen LogP contribution in [0.2, 0.25) is 0 Å². The SMILES string of the molecule is c1cc(CCNc2ccc3c(c2)COC3)ccn1. The fourth-order valence-electron chi connectivity index (χ4n) is 2.18. The van der Waals surface area contributed by atoms with Gasteiger partial charge in [-0.25, -0.2) is 0 Å². The van der Waals surface area contributed by atoms with E-state index in [0.29, 0.717) is 0 Å². The van der Waals surface area contributed by atoms with Gasteiger partial charge in [0.15, 0.2) is 0 Å². The van der Waals surface area contributed by atoms with Crippen LogP contribution in [0.1, 0.15) is 16.7 Å². The number of fused-ring (bicyclic) bond motifs is 1. The van der Waals surface area contributed by atoms with Gasteiger partial charge in [0.25, 0.3) is 0 Å². The number of nitrogens with one attached hydrogen (secondary N) is 1. The molecule has 0 amide bonds. The monoisotopic (exact) mass is 240 g/mol. The zero-order valence-electron chi connectivity index (χ0n) is 10.2. The van der Waals surface area contributed by atoms with Crippen molar-refractivity contribution in [2.45, 2.75) is 19.6 Å². The molecule has 0 fully saturated rings. The van der Waals surface area contributed by atoms with Gasteiger partial charge in [-0.1, -0.05) is 6.07 Å². The van der Waals surface area contributed by atoms with E-state index in [1.54, 1.807) is 0 Å². The Morgan fingerprint density at radius 3 is 2.78 bits per heavy atom. The van der Waals surface area contributed by atoms with E-state index in [0.717, 1.165) is 26.2 Å². The lowest BCUT2D eigenvalue weighted by molar-refractivity contribution is 0.134. The van der Waals surface area contributed by atoms with Gasteiger partial charge in [-0.15, -0.1) is 0 Å². The third-order valence-electron chi connectivity index (χ3n) is 3.21. The third-order valence-corrected chi connectivity index (χ3v) is 3.21. The standard InChI is InChI=1S/C15H16N2O/c1-2-15(9-14-11-18-10-13(1)14)17-8-5-12-3-6-16-7-4-12/h1-4,6-7,9,17H,5,8,10-11H2. The van der Waals surface area contributed by atoms with Crippen LogP contribution in [0, 0.1) is 0 Å². The average molecular weight is 240 g/mol. The first-order valence-electron chi connectivity index (χ1n) is 6.24. The number of aromatic nitrogens is 1. The molecule has 92 valence electrons. The van der Waals surface area contributed by atoms with Crippen molar-refractivity contribution < 1.29 is 4.74 Å². The summed E-state index contributed by atoms with van der Waals surface area (Å²) in [4.78, 5) is 4.02. The van der Waals surface area contributed by atoms with Crippen molar-refractivity contribution in [1.82, 2.24) is 4.98 Å². The molecule has 1 aliphatic rings. The number of rotatable bonds is 4. The van der Waals surface area contributed by atoms with Crippen LogP contribution in [0.5, 0.6) is 0 Å². The first kappa shape index (κ1) is 11.2. The molecule has 0 unspecified atom stereocenters. The fourth-order valence-corrected chi connectivity index (χ4v) is 2.18. The lowest BCUT2D eigenvalue weighted by atomic mass is 10.1. The summed E-state index contributed by atoms with van der Waals surface area (Å²) in [6.07, 6.45) is 4.68. The Labute approximate surface area is 107 Å². The molecule has 18 heavy (non-hydrogen) atoms. The van der Waals surface area contributed by atoms with Crippen molar-refractivity contribution in [3.63, 3.8) is 0 Å². The zero-order chi connectivity index (χ0) is 12.2. The van der Waals surface area contributed by atoms with E-state index in [-0.39, 0.29) is 0 Å². The lowest BCUT2D eigenvalue weighted by Crippen LogP contribution is -2.05. The van der Waals surface area contributed by atoms with E-state index in [9.17, 15) is 0 Å². The molecular formula is C15H16N2O. The maximum Gasteiger partial charge on any atom is 0.0725 e. The van der Waals surface area contributed by atoms with Gasteiger partial charge in [-0.3, -0.25) is 4.98 Å². The van der Waals surface area contributed by atoms with Gasteiger partial charge >= 0.3 is 0 Å². The van der Waals surface area contributed by atoms with Crippen molar-refractivity contribution in [3.8, 4) is 0 Å². The van der Waals surface area contributed by atoms with Crippen LogP contribution in [0.25, 0.3) is 0 Å². The second-order valence-corrected chi connectivity index (χ2v) is 4.51. The quantitative estimate of drug-likeness (QED) is 0.892. The van der Waals surface area contributed by atoms with Crippen LogP contribution < -0.4 is 5.32 Å². The van der Waals surface area contributed by atoms with Gasteiger partial charge in [0, 0.05) is 24.6 Å². The smallest absolute Gasteiger partial charge is 0.0725 e. The summed E-state index contributed by atoms with van der Waals surface area (Å²) in [6.45, 7) is 2.44. The Morgan fingerprint density at radius 2 is 1.89 bits per heavy atom. The van der Waals surface area contributed by atoms with E-state index in [1.165, 1.54) is 22.4 Å². The minimum atomic E-state index is 0.745. The summed E-state index contributed by atoms with van der Waals surface area (Å²) >= 11 is 0. The second kappa shape index (κ2) is 5.19. The van der Waals surface area contributed by atoms with Crippen LogP contribution in [-0.2, 0) is 24.4 Å². The molecule has 3 rings (SSSR count). The molecule has 0 bridgehead atoms. The topological polar surface area (TPSA) is 34.1 Å². The summed E-state index contributed by atoms with van der Waals surface area (Å²) in [6, 6.07) is 10.6. The van der Waals surface area contributed by atoms with Gasteiger partial charge in [0.2, 0.25) is 0 Å². The van der Waals surface area contributed by atoms with Crippen molar-refractivity contribution in [2.24, 2.45) is 0 Å². The van der Waals surface area contributed by atoms with Crippen LogP contribution in [0.3, 0.4) is 0 Å². The van der Waals surface area contributed by atoms with E-state index in [2.05, 4.69) is 40.6 Å². The molecule has 1 aromatic carbocycles. The number of benzene rings is 1. The fraction of sp³-hybridized carbons (Fsp3) is 0.267. The van der Waals surface area contributed by atoms with E-state index in [1.807, 2.05) is 12.4 Å². The molecule has 0 saturated heterocycles. The Morgan fingerprint density at radius 1 is 1.06 bits per heavy atom. The number of nitrogens with zero attached hydrogens (tertiary/aromatic N) is 1.